The molecule has 2 rings (SSSR count). The lowest BCUT2D eigenvalue weighted by atomic mass is 10.1. The molecular formula is C17H18F7N3. The van der Waals surface area contributed by atoms with Crippen LogP contribution < -0.4 is 5.43 Å². The van der Waals surface area contributed by atoms with E-state index in [2.05, 4.69) is 5.10 Å². The molecule has 0 saturated carbocycles. The van der Waals surface area contributed by atoms with E-state index in [1.807, 2.05) is 30.5 Å². The van der Waals surface area contributed by atoms with E-state index in [-0.39, 0.29) is 0 Å². The first-order chi connectivity index (χ1) is 12.3. The Kier molecular flexibility index (Phi) is 5.49. The Labute approximate surface area is 150 Å². The number of hydrogen-bond acceptors (Lipinski definition) is 2. The number of fused-ring (bicyclic) bond motifs is 1. The monoisotopic (exact) mass is 397 g/mol. The van der Waals surface area contributed by atoms with Crippen molar-refractivity contribution < 1.29 is 30.7 Å². The first-order valence-corrected chi connectivity index (χ1v) is 8.05. The Morgan fingerprint density at radius 3 is 2.26 bits per heavy atom. The summed E-state index contributed by atoms with van der Waals surface area (Å²) in [5, 5.41) is 3.63. The molecule has 0 radical (unpaired) electrons. The van der Waals surface area contributed by atoms with Gasteiger partial charge in [0.2, 0.25) is 0 Å². The van der Waals surface area contributed by atoms with Gasteiger partial charge in [-0.3, -0.25) is 0 Å². The highest BCUT2D eigenvalue weighted by Gasteiger charge is 2.73. The van der Waals surface area contributed by atoms with Gasteiger partial charge in [-0.25, -0.2) is 5.43 Å². The van der Waals surface area contributed by atoms with Crippen molar-refractivity contribution in [3.05, 3.63) is 35.0 Å². The van der Waals surface area contributed by atoms with Crippen molar-refractivity contribution in [2.24, 2.45) is 5.10 Å². The third-order valence-corrected chi connectivity index (χ3v) is 4.12. The van der Waals surface area contributed by atoms with Crippen molar-refractivity contribution in [3.8, 4) is 0 Å². The van der Waals surface area contributed by atoms with Crippen molar-refractivity contribution >= 4 is 17.1 Å². The molecule has 0 bridgehead atoms. The van der Waals surface area contributed by atoms with E-state index in [9.17, 15) is 30.7 Å². The summed E-state index contributed by atoms with van der Waals surface area (Å²) in [4.78, 5) is 0. The number of aromatic nitrogens is 1. The lowest BCUT2D eigenvalue weighted by Crippen LogP contribution is -2.58. The molecule has 10 heteroatoms. The van der Waals surface area contributed by atoms with E-state index in [1.165, 1.54) is 0 Å². The van der Waals surface area contributed by atoms with E-state index < -0.39 is 18.1 Å². The van der Waals surface area contributed by atoms with Gasteiger partial charge in [-0.05, 0) is 32.4 Å². The van der Waals surface area contributed by atoms with Gasteiger partial charge in [0.1, 0.15) is 0 Å². The van der Waals surface area contributed by atoms with Gasteiger partial charge in [0, 0.05) is 28.7 Å². The second-order valence-corrected chi connectivity index (χ2v) is 6.19. The van der Waals surface area contributed by atoms with Crippen LogP contribution in [0.5, 0.6) is 0 Å². The fourth-order valence-electron chi connectivity index (χ4n) is 2.72. The molecule has 0 unspecified atom stereocenters. The molecule has 0 saturated heterocycles. The second kappa shape index (κ2) is 7.05. The van der Waals surface area contributed by atoms with Gasteiger partial charge in [-0.2, -0.15) is 35.8 Å². The van der Waals surface area contributed by atoms with Crippen molar-refractivity contribution in [3.63, 3.8) is 0 Å². The van der Waals surface area contributed by atoms with Gasteiger partial charge < -0.3 is 4.57 Å². The number of halogens is 7. The topological polar surface area (TPSA) is 29.3 Å². The zero-order valence-corrected chi connectivity index (χ0v) is 14.8. The largest absolute Gasteiger partial charge is 0.462 e. The van der Waals surface area contributed by atoms with Crippen LogP contribution in [-0.4, -0.2) is 28.9 Å². The Morgan fingerprint density at radius 1 is 1.07 bits per heavy atom. The van der Waals surface area contributed by atoms with E-state index in [0.717, 1.165) is 23.7 Å². The maximum Gasteiger partial charge on any atom is 0.462 e. The van der Waals surface area contributed by atoms with Gasteiger partial charge in [0.25, 0.3) is 0 Å². The quantitative estimate of drug-likeness (QED) is 0.302. The molecule has 150 valence electrons. The van der Waals surface area contributed by atoms with Crippen molar-refractivity contribution in [1.82, 2.24) is 9.99 Å². The zero-order chi connectivity index (χ0) is 20.6. The minimum absolute atomic E-state index is 0.362. The molecule has 1 aromatic carbocycles. The van der Waals surface area contributed by atoms with Crippen LogP contribution in [0.1, 0.15) is 30.2 Å². The van der Waals surface area contributed by atoms with Gasteiger partial charge in [-0.15, -0.1) is 0 Å². The van der Waals surface area contributed by atoms with Crippen LogP contribution in [0.4, 0.5) is 30.7 Å². The molecule has 0 aliphatic carbocycles. The molecule has 0 aliphatic rings. The highest BCUT2D eigenvalue weighted by molar-refractivity contribution is 6.01. The summed E-state index contributed by atoms with van der Waals surface area (Å²) in [6.45, 7) is 6.06. The van der Waals surface area contributed by atoms with Crippen LogP contribution in [0.25, 0.3) is 10.9 Å². The normalized spacial score (nSPS) is 13.7. The van der Waals surface area contributed by atoms with Crippen LogP contribution in [-0.2, 0) is 6.54 Å². The molecule has 27 heavy (non-hydrogen) atoms. The van der Waals surface area contributed by atoms with Gasteiger partial charge in [0.15, 0.2) is 0 Å². The molecule has 1 aromatic heterocycles. The van der Waals surface area contributed by atoms with E-state index in [4.69, 9.17) is 0 Å². The number of rotatable bonds is 6. The smallest absolute Gasteiger partial charge is 0.344 e. The highest BCUT2D eigenvalue weighted by atomic mass is 19.4. The first-order valence-electron chi connectivity index (χ1n) is 8.05. The number of alkyl halides is 7. The van der Waals surface area contributed by atoms with Gasteiger partial charge in [-0.1, -0.05) is 18.6 Å². The maximum absolute atomic E-state index is 13.3. The lowest BCUT2D eigenvalue weighted by Gasteiger charge is -2.27. The predicted octanol–water partition coefficient (Wildman–Crippen LogP) is 5.38. The Balaban J connectivity index is 2.41. The minimum Gasteiger partial charge on any atom is -0.344 e. The molecule has 1 heterocycles. The number of nitrogens with one attached hydrogen (secondary N) is 1. The molecule has 3 nitrogen and oxygen atoms in total. The first kappa shape index (κ1) is 21.0. The van der Waals surface area contributed by atoms with Crippen LogP contribution in [0.2, 0.25) is 0 Å². The molecule has 0 amide bonds. The molecule has 0 aliphatic heterocycles. The zero-order valence-electron chi connectivity index (χ0n) is 14.8. The minimum atomic E-state index is -6.41. The predicted molar refractivity (Wildman–Crippen MR) is 88.4 cm³/mol. The fourth-order valence-corrected chi connectivity index (χ4v) is 2.72. The Hall–Kier alpha value is -2.26. The summed E-state index contributed by atoms with van der Waals surface area (Å²) in [5.74, 6) is -6.26. The number of aryl methyl sites for hydroxylation is 2. The summed E-state index contributed by atoms with van der Waals surface area (Å²) in [6, 6.07) is -0.151. The standard InChI is InChI=1S/C17H18F7N3/c1-4-7-27-11(3)13(12-8-10(2)5-6-14(12)27)9-25-26-17(23,24)15(18,19)16(20,21)22/h5-6,8-9,26H,4,7H2,1-3H3/b25-9+. The summed E-state index contributed by atoms with van der Waals surface area (Å²) in [7, 11) is 0. The average Bonchev–Trinajstić information content (AvgIpc) is 2.79. The number of benzene rings is 1. The third-order valence-electron chi connectivity index (χ3n) is 4.12. The van der Waals surface area contributed by atoms with Gasteiger partial charge >= 0.3 is 18.1 Å². The van der Waals surface area contributed by atoms with Crippen LogP contribution in [0, 0.1) is 13.8 Å². The average molecular weight is 397 g/mol. The van der Waals surface area contributed by atoms with Crippen molar-refractivity contribution in [2.45, 2.75) is 51.9 Å². The molecule has 0 spiro atoms. The van der Waals surface area contributed by atoms with E-state index in [1.54, 1.807) is 13.0 Å². The number of nitrogens with zero attached hydrogens (tertiary/aromatic N) is 2. The van der Waals surface area contributed by atoms with Crippen LogP contribution >= 0.6 is 0 Å². The maximum atomic E-state index is 13.3. The van der Waals surface area contributed by atoms with E-state index in [0.29, 0.717) is 28.6 Å². The summed E-state index contributed by atoms with van der Waals surface area (Å²) in [5.41, 5.74) is 3.31. The number of hydrazone groups is 1. The summed E-state index contributed by atoms with van der Waals surface area (Å²) >= 11 is 0. The molecular weight excluding hydrogens is 379 g/mol. The highest BCUT2D eigenvalue weighted by Crippen LogP contribution is 2.45. The van der Waals surface area contributed by atoms with Gasteiger partial charge in [0.05, 0.1) is 6.21 Å². The Bertz CT molecular complexity index is 850. The summed E-state index contributed by atoms with van der Waals surface area (Å²) in [6.07, 6.45) is -4.80. The number of hydrogen-bond donors (Lipinski definition) is 1. The fraction of sp³-hybridized carbons (Fsp3) is 0.471. The second-order valence-electron chi connectivity index (χ2n) is 6.19. The Morgan fingerprint density at radius 2 is 1.70 bits per heavy atom. The SMILES string of the molecule is CCCn1c(C)c(/C=N/NC(F)(F)C(F)(F)C(F)(F)F)c2cc(C)ccc21. The molecule has 0 atom stereocenters. The lowest BCUT2D eigenvalue weighted by molar-refractivity contribution is -0.361. The summed E-state index contributed by atoms with van der Waals surface area (Å²) < 4.78 is 90.8. The molecule has 2 aromatic rings. The van der Waals surface area contributed by atoms with Crippen molar-refractivity contribution in [2.75, 3.05) is 0 Å². The molecule has 1 N–H and O–H groups in total. The molecule has 0 fully saturated rings. The third kappa shape index (κ3) is 3.74. The van der Waals surface area contributed by atoms with Crippen LogP contribution in [0.15, 0.2) is 23.3 Å². The van der Waals surface area contributed by atoms with Crippen LogP contribution in [0.3, 0.4) is 0 Å². The van der Waals surface area contributed by atoms with E-state index >= 15 is 0 Å². The van der Waals surface area contributed by atoms with Crippen molar-refractivity contribution in [1.29, 1.82) is 0 Å².